The van der Waals surface area contributed by atoms with Crippen LogP contribution in [0, 0.1) is 0 Å². The molecule has 0 atom stereocenters. The number of hydrogen-bond donors (Lipinski definition) is 1. The van der Waals surface area contributed by atoms with Crippen molar-refractivity contribution in [2.45, 2.75) is 32.6 Å². The van der Waals surface area contributed by atoms with Crippen LogP contribution in [-0.4, -0.2) is 15.0 Å². The Kier molecular flexibility index (Phi) is 4.53. The van der Waals surface area contributed by atoms with E-state index in [9.17, 15) is 0 Å². The number of ether oxygens (including phenoxy) is 1. The first-order chi connectivity index (χ1) is 9.92. The summed E-state index contributed by atoms with van der Waals surface area (Å²) in [6, 6.07) is 9.87. The van der Waals surface area contributed by atoms with Crippen LogP contribution >= 0.6 is 12.2 Å². The Hall–Kier alpha value is -2.01. The normalized spacial score (nSPS) is 11.2. The van der Waals surface area contributed by atoms with Gasteiger partial charge in [-0.2, -0.15) is 4.98 Å². The molecular formula is C16H19N3OS. The van der Waals surface area contributed by atoms with Crippen molar-refractivity contribution in [3.05, 3.63) is 47.8 Å². The number of hydrogen-bond acceptors (Lipinski definition) is 4. The first-order valence-corrected chi connectivity index (χ1v) is 7.24. The van der Waals surface area contributed by atoms with Crippen molar-refractivity contribution in [3.8, 4) is 11.8 Å². The molecule has 0 fully saturated rings. The van der Waals surface area contributed by atoms with Gasteiger partial charge in [-0.05, 0) is 35.6 Å². The summed E-state index contributed by atoms with van der Waals surface area (Å²) in [5.41, 5.74) is 7.47. The highest BCUT2D eigenvalue weighted by Gasteiger charge is 2.17. The van der Waals surface area contributed by atoms with Crippen LogP contribution in [0.2, 0.25) is 0 Å². The van der Waals surface area contributed by atoms with E-state index in [4.69, 9.17) is 22.7 Å². The standard InChI is InChI=1S/C16H19N3OS/c1-4-16(2,3)11-5-7-12(8-6-11)20-15-18-10-9-13(19-15)14(17)21/h5-10H,4H2,1-3H3,(H2,17,21). The Balaban J connectivity index is 2.17. The lowest BCUT2D eigenvalue weighted by atomic mass is 9.82. The van der Waals surface area contributed by atoms with Crippen molar-refractivity contribution in [1.29, 1.82) is 0 Å². The number of benzene rings is 1. The average Bonchev–Trinajstić information content (AvgIpc) is 2.48. The highest BCUT2D eigenvalue weighted by atomic mass is 32.1. The molecule has 1 aromatic heterocycles. The largest absolute Gasteiger partial charge is 0.424 e. The lowest BCUT2D eigenvalue weighted by Gasteiger charge is -2.23. The molecule has 0 amide bonds. The zero-order chi connectivity index (χ0) is 15.5. The first-order valence-electron chi connectivity index (χ1n) is 6.83. The molecule has 0 aliphatic rings. The quantitative estimate of drug-likeness (QED) is 0.855. The summed E-state index contributed by atoms with van der Waals surface area (Å²) in [6.07, 6.45) is 2.65. The maximum absolute atomic E-state index is 5.63. The molecule has 0 saturated heterocycles. The van der Waals surface area contributed by atoms with E-state index in [0.29, 0.717) is 11.4 Å². The molecule has 1 heterocycles. The van der Waals surface area contributed by atoms with Crippen molar-refractivity contribution in [1.82, 2.24) is 9.97 Å². The molecule has 4 nitrogen and oxygen atoms in total. The summed E-state index contributed by atoms with van der Waals surface area (Å²) in [5.74, 6) is 0.686. The molecule has 5 heteroatoms. The van der Waals surface area contributed by atoms with Gasteiger partial charge < -0.3 is 10.5 Å². The fraction of sp³-hybridized carbons (Fsp3) is 0.312. The predicted octanol–water partition coefficient (Wildman–Crippen LogP) is 3.59. The minimum atomic E-state index is 0.153. The van der Waals surface area contributed by atoms with Gasteiger partial charge in [-0.15, -0.1) is 0 Å². The fourth-order valence-electron chi connectivity index (χ4n) is 1.81. The summed E-state index contributed by atoms with van der Waals surface area (Å²) < 4.78 is 5.63. The van der Waals surface area contributed by atoms with Crippen LogP contribution in [0.25, 0.3) is 0 Å². The minimum absolute atomic E-state index is 0.153. The Morgan fingerprint density at radius 2 is 1.90 bits per heavy atom. The van der Waals surface area contributed by atoms with Crippen molar-refractivity contribution in [2.24, 2.45) is 5.73 Å². The van der Waals surface area contributed by atoms with Crippen LogP contribution in [0.15, 0.2) is 36.5 Å². The summed E-state index contributed by atoms with van der Waals surface area (Å²) in [4.78, 5) is 8.44. The molecule has 0 radical (unpaired) electrons. The third-order valence-electron chi connectivity index (χ3n) is 3.61. The number of rotatable bonds is 5. The van der Waals surface area contributed by atoms with Gasteiger partial charge in [0.05, 0.1) is 0 Å². The topological polar surface area (TPSA) is 61.0 Å². The third kappa shape index (κ3) is 3.76. The predicted molar refractivity (Wildman–Crippen MR) is 87.8 cm³/mol. The van der Waals surface area contributed by atoms with Crippen LogP contribution in [0.1, 0.15) is 38.4 Å². The summed E-state index contributed by atoms with van der Waals surface area (Å²) in [7, 11) is 0. The second-order valence-electron chi connectivity index (χ2n) is 5.45. The van der Waals surface area contributed by atoms with E-state index in [-0.39, 0.29) is 16.4 Å². The highest BCUT2D eigenvalue weighted by molar-refractivity contribution is 7.80. The molecule has 2 N–H and O–H groups in total. The number of aromatic nitrogens is 2. The van der Waals surface area contributed by atoms with Crippen molar-refractivity contribution < 1.29 is 4.74 Å². The second-order valence-corrected chi connectivity index (χ2v) is 5.89. The van der Waals surface area contributed by atoms with Crippen LogP contribution in [0.4, 0.5) is 0 Å². The molecule has 0 unspecified atom stereocenters. The molecule has 0 aliphatic carbocycles. The van der Waals surface area contributed by atoms with E-state index >= 15 is 0 Å². The number of nitrogens with zero attached hydrogens (tertiary/aromatic N) is 2. The Morgan fingerprint density at radius 3 is 2.48 bits per heavy atom. The van der Waals surface area contributed by atoms with Gasteiger partial charge in [0.1, 0.15) is 16.4 Å². The van der Waals surface area contributed by atoms with Crippen LogP contribution in [0.3, 0.4) is 0 Å². The van der Waals surface area contributed by atoms with Crippen LogP contribution in [-0.2, 0) is 5.41 Å². The molecule has 21 heavy (non-hydrogen) atoms. The molecule has 0 bridgehead atoms. The third-order valence-corrected chi connectivity index (χ3v) is 3.82. The van der Waals surface area contributed by atoms with E-state index in [1.807, 2.05) is 12.1 Å². The highest BCUT2D eigenvalue weighted by Crippen LogP contribution is 2.28. The van der Waals surface area contributed by atoms with Crippen molar-refractivity contribution in [3.63, 3.8) is 0 Å². The van der Waals surface area contributed by atoms with E-state index in [1.54, 1.807) is 12.3 Å². The van der Waals surface area contributed by atoms with Gasteiger partial charge in [-0.1, -0.05) is 45.1 Å². The van der Waals surface area contributed by atoms with Crippen molar-refractivity contribution >= 4 is 17.2 Å². The maximum Gasteiger partial charge on any atom is 0.322 e. The molecule has 110 valence electrons. The molecule has 0 spiro atoms. The fourth-order valence-corrected chi connectivity index (χ4v) is 1.92. The summed E-state index contributed by atoms with van der Waals surface area (Å²) in [6.45, 7) is 6.62. The molecule has 1 aromatic carbocycles. The monoisotopic (exact) mass is 301 g/mol. The minimum Gasteiger partial charge on any atom is -0.424 e. The summed E-state index contributed by atoms with van der Waals surface area (Å²) in [5, 5.41) is 0. The van der Waals surface area contributed by atoms with Gasteiger partial charge in [0, 0.05) is 6.20 Å². The van der Waals surface area contributed by atoms with Gasteiger partial charge in [-0.25, -0.2) is 4.98 Å². The van der Waals surface area contributed by atoms with Crippen LogP contribution in [0.5, 0.6) is 11.8 Å². The van der Waals surface area contributed by atoms with Gasteiger partial charge in [0.15, 0.2) is 0 Å². The van der Waals surface area contributed by atoms with E-state index in [1.165, 1.54) is 5.56 Å². The molecule has 2 rings (SSSR count). The Labute approximate surface area is 130 Å². The van der Waals surface area contributed by atoms with Gasteiger partial charge in [-0.3, -0.25) is 0 Å². The van der Waals surface area contributed by atoms with Gasteiger partial charge in [0.25, 0.3) is 0 Å². The zero-order valence-corrected chi connectivity index (χ0v) is 13.3. The van der Waals surface area contributed by atoms with Crippen molar-refractivity contribution in [2.75, 3.05) is 0 Å². The van der Waals surface area contributed by atoms with Gasteiger partial charge >= 0.3 is 6.01 Å². The SMILES string of the molecule is CCC(C)(C)c1ccc(Oc2nccc(C(N)=S)n2)cc1. The zero-order valence-electron chi connectivity index (χ0n) is 12.5. The summed E-state index contributed by atoms with van der Waals surface area (Å²) >= 11 is 4.89. The molecule has 0 saturated carbocycles. The van der Waals surface area contributed by atoms with E-state index in [2.05, 4.69) is 42.9 Å². The van der Waals surface area contributed by atoms with Gasteiger partial charge in [0.2, 0.25) is 0 Å². The molecule has 0 aliphatic heterocycles. The Bertz CT molecular complexity index is 638. The lowest BCUT2D eigenvalue weighted by molar-refractivity contribution is 0.440. The maximum atomic E-state index is 5.63. The van der Waals surface area contributed by atoms with E-state index < -0.39 is 0 Å². The number of nitrogens with two attached hydrogens (primary N) is 1. The average molecular weight is 301 g/mol. The number of thiocarbonyl (C=S) groups is 1. The van der Waals surface area contributed by atoms with E-state index in [0.717, 1.165) is 6.42 Å². The lowest BCUT2D eigenvalue weighted by Crippen LogP contribution is -2.15. The Morgan fingerprint density at radius 1 is 1.24 bits per heavy atom. The van der Waals surface area contributed by atoms with Crippen LogP contribution < -0.4 is 10.5 Å². The second kappa shape index (κ2) is 6.18. The smallest absolute Gasteiger partial charge is 0.322 e. The molecule has 2 aromatic rings. The first kappa shape index (κ1) is 15.4. The molecular weight excluding hydrogens is 282 g/mol.